The van der Waals surface area contributed by atoms with Crippen LogP contribution in [0.15, 0.2) is 90.1 Å². The molecule has 0 bridgehead atoms. The molecule has 2 heterocycles. The molecule has 0 aliphatic carbocycles. The Morgan fingerprint density at radius 2 is 1.82 bits per heavy atom. The third-order valence-corrected chi connectivity index (χ3v) is 6.83. The molecule has 1 atom stereocenters. The van der Waals surface area contributed by atoms with Gasteiger partial charge in [0.25, 0.3) is 5.91 Å². The molecule has 5 nitrogen and oxygen atoms in total. The van der Waals surface area contributed by atoms with Crippen molar-refractivity contribution < 1.29 is 13.4 Å². The molecule has 0 fully saturated rings. The van der Waals surface area contributed by atoms with Crippen molar-refractivity contribution in [2.45, 2.75) is 25.3 Å². The molecule has 0 aliphatic heterocycles. The number of pyridine rings is 1. The number of nitrogens with zero attached hydrogens (tertiary/aromatic N) is 2. The maximum absolute atomic E-state index is 13.4. The van der Waals surface area contributed by atoms with E-state index in [-0.39, 0.29) is 12.5 Å². The highest BCUT2D eigenvalue weighted by Gasteiger charge is 2.17. The predicted molar refractivity (Wildman–Crippen MR) is 133 cm³/mol. The summed E-state index contributed by atoms with van der Waals surface area (Å²) in [6.45, 7) is 4.14. The molecular weight excluding hydrogens is 449 g/mol. The average molecular weight is 474 g/mol. The van der Waals surface area contributed by atoms with Gasteiger partial charge in [0.05, 0.1) is 4.90 Å². The molecule has 0 saturated heterocycles. The molecule has 4 rings (SSSR count). The van der Waals surface area contributed by atoms with Gasteiger partial charge in [0.2, 0.25) is 5.95 Å². The maximum Gasteiger partial charge on any atom is 0.251 e. The van der Waals surface area contributed by atoms with Crippen molar-refractivity contribution in [2.24, 2.45) is 0 Å². The van der Waals surface area contributed by atoms with Crippen LogP contribution in [0.25, 0.3) is 17.2 Å². The fourth-order valence-electron chi connectivity index (χ4n) is 3.63. The summed E-state index contributed by atoms with van der Waals surface area (Å²) in [7, 11) is -1.48. The number of amides is 1. The number of hydrogen-bond donors (Lipinski definition) is 1. The summed E-state index contributed by atoms with van der Waals surface area (Å²) in [5, 5.41) is 2.78. The van der Waals surface area contributed by atoms with Crippen molar-refractivity contribution >= 4 is 23.0 Å². The Bertz CT molecular complexity index is 1350. The van der Waals surface area contributed by atoms with E-state index in [9.17, 15) is 13.4 Å². The minimum Gasteiger partial charge on any atom is -0.348 e. The number of aromatic nitrogens is 2. The van der Waals surface area contributed by atoms with Crippen molar-refractivity contribution in [3.8, 4) is 11.1 Å². The largest absolute Gasteiger partial charge is 0.348 e. The summed E-state index contributed by atoms with van der Waals surface area (Å²) >= 11 is 0. The number of halogens is 1. The molecule has 1 unspecified atom stereocenters. The first-order chi connectivity index (χ1) is 16.5. The molecule has 34 heavy (non-hydrogen) atoms. The van der Waals surface area contributed by atoms with E-state index in [4.69, 9.17) is 0 Å². The second-order valence-electron chi connectivity index (χ2n) is 7.68. The van der Waals surface area contributed by atoms with Crippen LogP contribution in [0.4, 0.5) is 4.39 Å². The minimum atomic E-state index is -1.48. The van der Waals surface area contributed by atoms with E-state index >= 15 is 0 Å². The van der Waals surface area contributed by atoms with E-state index in [2.05, 4.69) is 10.3 Å². The summed E-state index contributed by atoms with van der Waals surface area (Å²) < 4.78 is 28.1. The average Bonchev–Trinajstić information content (AvgIpc) is 3.20. The van der Waals surface area contributed by atoms with E-state index in [1.165, 1.54) is 12.3 Å². The summed E-state index contributed by atoms with van der Waals surface area (Å²) in [6.07, 6.45) is 7.29. The number of rotatable bonds is 7. The third-order valence-electron chi connectivity index (χ3n) is 5.41. The first-order valence-corrected chi connectivity index (χ1v) is 11.9. The smallest absolute Gasteiger partial charge is 0.251 e. The Morgan fingerprint density at radius 1 is 1.09 bits per heavy atom. The molecule has 2 aromatic carbocycles. The van der Waals surface area contributed by atoms with E-state index in [1.54, 1.807) is 34.3 Å². The molecular formula is C27H24FN3O2S. The van der Waals surface area contributed by atoms with Crippen molar-refractivity contribution in [1.82, 2.24) is 14.3 Å². The van der Waals surface area contributed by atoms with Gasteiger partial charge in [0, 0.05) is 41.3 Å². The lowest BCUT2D eigenvalue weighted by molar-refractivity contribution is 0.0951. The number of allylic oxidation sites excluding steroid dienone is 1. The third kappa shape index (κ3) is 5.05. The van der Waals surface area contributed by atoms with Crippen molar-refractivity contribution in [1.29, 1.82) is 0 Å². The summed E-state index contributed by atoms with van der Waals surface area (Å²) in [5.74, 6) is -0.842. The number of nitrogens with one attached hydrogen (secondary N) is 1. The highest BCUT2D eigenvalue weighted by atomic mass is 32.2. The van der Waals surface area contributed by atoms with Gasteiger partial charge >= 0.3 is 0 Å². The van der Waals surface area contributed by atoms with Gasteiger partial charge in [0.1, 0.15) is 0 Å². The first kappa shape index (κ1) is 23.3. The lowest BCUT2D eigenvalue weighted by Crippen LogP contribution is -2.22. The SMILES string of the molecule is C/C=C\c1c(-c2ccccc2)cn(S(=O)c2ccc(C(=O)NCc3ccc(F)nc3)cc2)c1C. The molecule has 7 heteroatoms. The Hall–Kier alpha value is -3.84. The van der Waals surface area contributed by atoms with E-state index in [0.717, 1.165) is 22.4 Å². The second-order valence-corrected chi connectivity index (χ2v) is 9.04. The zero-order valence-corrected chi connectivity index (χ0v) is 19.7. The number of hydrogen-bond acceptors (Lipinski definition) is 3. The summed E-state index contributed by atoms with van der Waals surface area (Å²) in [5.41, 5.74) is 5.12. The van der Waals surface area contributed by atoms with Gasteiger partial charge in [-0.15, -0.1) is 0 Å². The zero-order valence-electron chi connectivity index (χ0n) is 18.9. The van der Waals surface area contributed by atoms with Crippen molar-refractivity contribution in [3.05, 3.63) is 114 Å². The Balaban J connectivity index is 1.53. The number of benzene rings is 2. The van der Waals surface area contributed by atoms with Gasteiger partial charge < -0.3 is 5.32 Å². The first-order valence-electron chi connectivity index (χ1n) is 10.8. The molecule has 1 amide bonds. The van der Waals surface area contributed by atoms with Crippen LogP contribution in [0.1, 0.15) is 34.1 Å². The molecule has 2 aromatic heterocycles. The molecule has 0 aliphatic rings. The van der Waals surface area contributed by atoms with Crippen LogP contribution in [0, 0.1) is 12.9 Å². The van der Waals surface area contributed by atoms with Crippen LogP contribution in [0.5, 0.6) is 0 Å². The molecule has 1 N–H and O–H groups in total. The zero-order chi connectivity index (χ0) is 24.1. The van der Waals surface area contributed by atoms with Gasteiger partial charge in [-0.25, -0.2) is 9.19 Å². The van der Waals surface area contributed by atoms with E-state index < -0.39 is 16.9 Å². The fourth-order valence-corrected chi connectivity index (χ4v) is 4.77. The lowest BCUT2D eigenvalue weighted by atomic mass is 10.0. The Morgan fingerprint density at radius 3 is 2.47 bits per heavy atom. The lowest BCUT2D eigenvalue weighted by Gasteiger charge is -2.08. The highest BCUT2D eigenvalue weighted by Crippen LogP contribution is 2.30. The maximum atomic E-state index is 13.4. The van der Waals surface area contributed by atoms with Gasteiger partial charge in [0.15, 0.2) is 11.0 Å². The van der Waals surface area contributed by atoms with E-state index in [1.807, 2.05) is 62.5 Å². The topological polar surface area (TPSA) is 64.0 Å². The van der Waals surface area contributed by atoms with Gasteiger partial charge in [-0.05, 0) is 55.3 Å². The molecule has 0 spiro atoms. The van der Waals surface area contributed by atoms with Gasteiger partial charge in [-0.3, -0.25) is 8.77 Å². The van der Waals surface area contributed by atoms with Gasteiger partial charge in [-0.1, -0.05) is 48.6 Å². The van der Waals surface area contributed by atoms with E-state index in [0.29, 0.717) is 16.0 Å². The fraction of sp³-hybridized carbons (Fsp3) is 0.111. The van der Waals surface area contributed by atoms with Crippen LogP contribution < -0.4 is 5.32 Å². The van der Waals surface area contributed by atoms with Crippen LogP contribution in [-0.4, -0.2) is 19.1 Å². The second kappa shape index (κ2) is 10.4. The normalized spacial score (nSPS) is 12.1. The number of carbonyl (C=O) groups excluding carboxylic acids is 1. The summed E-state index contributed by atoms with van der Waals surface area (Å²) in [4.78, 5) is 16.6. The molecule has 0 saturated carbocycles. The minimum absolute atomic E-state index is 0.234. The standard InChI is InChI=1S/C27H24FN3O2S/c1-3-7-24-19(2)31(18-25(24)21-8-5-4-6-9-21)34(33)23-13-11-22(12-14-23)27(32)30-17-20-10-15-26(28)29-16-20/h3-16,18H,17H2,1-2H3,(H,30,32)/b7-3-. The molecule has 172 valence electrons. The predicted octanol–water partition coefficient (Wildman–Crippen LogP) is 5.53. The van der Waals surface area contributed by atoms with Crippen molar-refractivity contribution in [3.63, 3.8) is 0 Å². The Kier molecular flexibility index (Phi) is 7.13. The van der Waals surface area contributed by atoms with Crippen LogP contribution in [-0.2, 0) is 17.5 Å². The van der Waals surface area contributed by atoms with Crippen LogP contribution in [0.2, 0.25) is 0 Å². The monoisotopic (exact) mass is 473 g/mol. The number of carbonyl (C=O) groups is 1. The van der Waals surface area contributed by atoms with Crippen LogP contribution >= 0.6 is 0 Å². The quantitative estimate of drug-likeness (QED) is 0.359. The highest BCUT2D eigenvalue weighted by molar-refractivity contribution is 7.83. The molecule has 4 aromatic rings. The molecule has 0 radical (unpaired) electrons. The van der Waals surface area contributed by atoms with Gasteiger partial charge in [-0.2, -0.15) is 4.39 Å². The van der Waals surface area contributed by atoms with Crippen molar-refractivity contribution in [2.75, 3.05) is 0 Å². The summed E-state index contributed by atoms with van der Waals surface area (Å²) in [6, 6.07) is 19.5. The van der Waals surface area contributed by atoms with Crippen LogP contribution in [0.3, 0.4) is 0 Å². The Labute approximate surface area is 200 Å².